The predicted octanol–water partition coefficient (Wildman–Crippen LogP) is 2.34. The Bertz CT molecular complexity index is 732. The number of aryl methyl sites for hydroxylation is 1. The molecule has 1 heterocycles. The van der Waals surface area contributed by atoms with Crippen molar-refractivity contribution in [2.75, 3.05) is 5.73 Å². The molecule has 0 aliphatic heterocycles. The number of terminal acetylenes is 1. The first-order chi connectivity index (χ1) is 9.62. The summed E-state index contributed by atoms with van der Waals surface area (Å²) in [7, 11) is 0. The smallest absolute Gasteiger partial charge is 0.140 e. The van der Waals surface area contributed by atoms with Crippen LogP contribution in [-0.4, -0.2) is 9.55 Å². The summed E-state index contributed by atoms with van der Waals surface area (Å²) in [5.74, 6) is 3.15. The molecule has 0 saturated heterocycles. The van der Waals surface area contributed by atoms with Crippen molar-refractivity contribution in [3.63, 3.8) is 0 Å². The van der Waals surface area contributed by atoms with Gasteiger partial charge >= 0.3 is 0 Å². The Hall–Kier alpha value is -2.79. The van der Waals surface area contributed by atoms with Gasteiger partial charge in [0.05, 0.1) is 12.1 Å². The third kappa shape index (κ3) is 2.22. The Kier molecular flexibility index (Phi) is 3.72. The van der Waals surface area contributed by atoms with Crippen LogP contribution in [-0.2, 0) is 13.0 Å². The van der Waals surface area contributed by atoms with Crippen molar-refractivity contribution in [1.29, 1.82) is 5.26 Å². The molecule has 1 aromatic carbocycles. The zero-order valence-electron chi connectivity index (χ0n) is 11.0. The monoisotopic (exact) mass is 268 g/mol. The van der Waals surface area contributed by atoms with Crippen LogP contribution in [0.2, 0.25) is 0 Å². The van der Waals surface area contributed by atoms with E-state index in [1.807, 2.05) is 6.92 Å². The van der Waals surface area contributed by atoms with E-state index in [2.05, 4.69) is 10.9 Å². The van der Waals surface area contributed by atoms with Crippen molar-refractivity contribution < 1.29 is 4.39 Å². The van der Waals surface area contributed by atoms with E-state index >= 15 is 0 Å². The van der Waals surface area contributed by atoms with Crippen molar-refractivity contribution in [2.45, 2.75) is 19.9 Å². The molecule has 0 unspecified atom stereocenters. The van der Waals surface area contributed by atoms with Gasteiger partial charge in [-0.2, -0.15) is 5.26 Å². The number of nitrogen functional groups attached to an aromatic ring is 1. The van der Waals surface area contributed by atoms with Crippen molar-refractivity contribution in [3.05, 3.63) is 35.4 Å². The fraction of sp³-hybridized carbons (Fsp3) is 0.200. The zero-order valence-corrected chi connectivity index (χ0v) is 11.0. The Labute approximate surface area is 116 Å². The number of nitrogens with zero attached hydrogens (tertiary/aromatic N) is 3. The Morgan fingerprint density at radius 3 is 2.85 bits per heavy atom. The zero-order chi connectivity index (χ0) is 14.7. The van der Waals surface area contributed by atoms with E-state index in [-0.39, 0.29) is 5.56 Å². The van der Waals surface area contributed by atoms with E-state index < -0.39 is 5.82 Å². The molecule has 0 bridgehead atoms. The number of nitrogens with two attached hydrogens (primary N) is 1. The van der Waals surface area contributed by atoms with E-state index in [0.717, 1.165) is 5.82 Å². The Morgan fingerprint density at radius 1 is 1.50 bits per heavy atom. The van der Waals surface area contributed by atoms with E-state index in [1.54, 1.807) is 16.7 Å². The van der Waals surface area contributed by atoms with Gasteiger partial charge in [0.25, 0.3) is 0 Å². The minimum absolute atomic E-state index is 0.0357. The summed E-state index contributed by atoms with van der Waals surface area (Å²) in [4.78, 5) is 4.43. The van der Waals surface area contributed by atoms with E-state index in [1.165, 1.54) is 12.1 Å². The van der Waals surface area contributed by atoms with Gasteiger partial charge in [-0.1, -0.05) is 12.8 Å². The number of rotatable bonds is 3. The molecule has 2 rings (SSSR count). The summed E-state index contributed by atoms with van der Waals surface area (Å²) < 4.78 is 15.1. The Morgan fingerprint density at radius 2 is 2.25 bits per heavy atom. The lowest BCUT2D eigenvalue weighted by atomic mass is 10.1. The molecular weight excluding hydrogens is 255 g/mol. The molecule has 0 amide bonds. The van der Waals surface area contributed by atoms with E-state index in [9.17, 15) is 4.39 Å². The third-order valence-electron chi connectivity index (χ3n) is 3.01. The van der Waals surface area contributed by atoms with Crippen LogP contribution >= 0.6 is 0 Å². The van der Waals surface area contributed by atoms with Crippen LogP contribution in [0, 0.1) is 29.5 Å². The highest BCUT2D eigenvalue weighted by molar-refractivity contribution is 5.72. The van der Waals surface area contributed by atoms with Gasteiger partial charge in [0, 0.05) is 12.0 Å². The molecule has 0 aliphatic carbocycles. The number of hydrogen-bond donors (Lipinski definition) is 1. The first-order valence-corrected chi connectivity index (χ1v) is 6.10. The molecule has 4 nitrogen and oxygen atoms in total. The number of imidazole rings is 1. The molecule has 0 saturated carbocycles. The first-order valence-electron chi connectivity index (χ1n) is 6.10. The summed E-state index contributed by atoms with van der Waals surface area (Å²) in [6.45, 7) is 2.28. The van der Waals surface area contributed by atoms with Crippen molar-refractivity contribution in [3.8, 4) is 29.7 Å². The molecular formula is C15H13FN4. The number of anilines is 1. The van der Waals surface area contributed by atoms with Crippen LogP contribution in [0.1, 0.15) is 18.3 Å². The topological polar surface area (TPSA) is 67.6 Å². The molecule has 2 N–H and O–H groups in total. The highest BCUT2D eigenvalue weighted by Gasteiger charge is 2.15. The lowest BCUT2D eigenvalue weighted by Gasteiger charge is -2.04. The normalized spacial score (nSPS) is 10.0. The second-order valence-corrected chi connectivity index (χ2v) is 4.21. The van der Waals surface area contributed by atoms with Gasteiger partial charge in [-0.3, -0.25) is 0 Å². The number of hydrogen-bond acceptors (Lipinski definition) is 3. The maximum atomic E-state index is 13.4. The number of benzene rings is 1. The van der Waals surface area contributed by atoms with Crippen LogP contribution in [0.4, 0.5) is 10.2 Å². The third-order valence-corrected chi connectivity index (χ3v) is 3.01. The quantitative estimate of drug-likeness (QED) is 0.869. The summed E-state index contributed by atoms with van der Waals surface area (Å²) in [6.07, 6.45) is 6.00. The first kappa shape index (κ1) is 13.6. The lowest BCUT2D eigenvalue weighted by molar-refractivity contribution is 0.624. The van der Waals surface area contributed by atoms with Gasteiger partial charge < -0.3 is 10.3 Å². The number of aromatic nitrogens is 2. The molecule has 0 atom stereocenters. The molecule has 20 heavy (non-hydrogen) atoms. The average Bonchev–Trinajstić information content (AvgIpc) is 2.77. The summed E-state index contributed by atoms with van der Waals surface area (Å²) in [5.41, 5.74) is 7.14. The van der Waals surface area contributed by atoms with Gasteiger partial charge in [-0.15, -0.1) is 6.42 Å². The fourth-order valence-corrected chi connectivity index (χ4v) is 2.02. The highest BCUT2D eigenvalue weighted by atomic mass is 19.1. The van der Waals surface area contributed by atoms with Gasteiger partial charge in [0.2, 0.25) is 0 Å². The predicted molar refractivity (Wildman–Crippen MR) is 75.0 cm³/mol. The second kappa shape index (κ2) is 5.46. The maximum Gasteiger partial charge on any atom is 0.140 e. The standard InChI is InChI=1S/C15H13FN4/c1-3-7-20-13(4-2)19-14(15(20)18)10-5-6-12(16)11(8-10)9-17/h1,5-6,8H,4,7,18H2,2H3. The minimum atomic E-state index is -0.561. The lowest BCUT2D eigenvalue weighted by Crippen LogP contribution is -2.05. The molecule has 5 heteroatoms. The second-order valence-electron chi connectivity index (χ2n) is 4.21. The van der Waals surface area contributed by atoms with Crippen LogP contribution in [0.25, 0.3) is 11.3 Å². The number of nitriles is 1. The summed E-state index contributed by atoms with van der Waals surface area (Å²) in [6, 6.07) is 6.03. The van der Waals surface area contributed by atoms with Crippen molar-refractivity contribution >= 4 is 5.82 Å². The summed E-state index contributed by atoms with van der Waals surface area (Å²) >= 11 is 0. The molecule has 0 spiro atoms. The molecule has 0 aliphatic rings. The van der Waals surface area contributed by atoms with Crippen molar-refractivity contribution in [1.82, 2.24) is 9.55 Å². The van der Waals surface area contributed by atoms with Crippen LogP contribution in [0.5, 0.6) is 0 Å². The largest absolute Gasteiger partial charge is 0.383 e. The van der Waals surface area contributed by atoms with Gasteiger partial charge in [0.15, 0.2) is 0 Å². The SMILES string of the molecule is C#CCn1c(CC)nc(-c2ccc(F)c(C#N)c2)c1N. The molecule has 0 radical (unpaired) electrons. The van der Waals surface area contributed by atoms with Crippen LogP contribution in [0.15, 0.2) is 18.2 Å². The highest BCUT2D eigenvalue weighted by Crippen LogP contribution is 2.28. The van der Waals surface area contributed by atoms with Gasteiger partial charge in [-0.05, 0) is 18.2 Å². The van der Waals surface area contributed by atoms with Gasteiger partial charge in [-0.25, -0.2) is 9.37 Å². The van der Waals surface area contributed by atoms with Gasteiger partial charge in [0.1, 0.15) is 29.2 Å². The number of halogens is 1. The summed E-state index contributed by atoms with van der Waals surface area (Å²) in [5, 5.41) is 8.88. The average molecular weight is 268 g/mol. The molecule has 2 aromatic rings. The minimum Gasteiger partial charge on any atom is -0.383 e. The van der Waals surface area contributed by atoms with Crippen molar-refractivity contribution in [2.24, 2.45) is 0 Å². The maximum absolute atomic E-state index is 13.4. The van der Waals surface area contributed by atoms with E-state index in [0.29, 0.717) is 30.0 Å². The molecule has 0 fully saturated rings. The van der Waals surface area contributed by atoms with Crippen LogP contribution in [0.3, 0.4) is 0 Å². The molecule has 100 valence electrons. The molecule has 1 aromatic heterocycles. The van der Waals surface area contributed by atoms with E-state index in [4.69, 9.17) is 17.4 Å². The van der Waals surface area contributed by atoms with Crippen LogP contribution < -0.4 is 5.73 Å². The fourth-order valence-electron chi connectivity index (χ4n) is 2.02. The Balaban J connectivity index is 2.59.